The normalized spacial score (nSPS) is 21.7. The predicted octanol–water partition coefficient (Wildman–Crippen LogP) is 3.65. The highest BCUT2D eigenvalue weighted by molar-refractivity contribution is 5.79. The van der Waals surface area contributed by atoms with E-state index in [0.717, 1.165) is 44.3 Å². The molecular weight excluding hydrogens is 310 g/mol. The van der Waals surface area contributed by atoms with Gasteiger partial charge in [-0.25, -0.2) is 0 Å². The molecule has 1 heterocycles. The molecule has 0 spiro atoms. The molecule has 3 rings (SSSR count). The van der Waals surface area contributed by atoms with E-state index in [9.17, 15) is 4.79 Å². The summed E-state index contributed by atoms with van der Waals surface area (Å²) in [6.07, 6.45) is 8.35. The molecule has 25 heavy (non-hydrogen) atoms. The lowest BCUT2D eigenvalue weighted by molar-refractivity contribution is -0.665. The topological polar surface area (TPSA) is 42.9 Å². The summed E-state index contributed by atoms with van der Waals surface area (Å²) in [5.74, 6) is 0.803. The van der Waals surface area contributed by atoms with Crippen LogP contribution >= 0.6 is 0 Å². The number of quaternary nitrogens is 1. The molecule has 1 saturated carbocycles. The van der Waals surface area contributed by atoms with Crippen molar-refractivity contribution < 1.29 is 14.8 Å². The zero-order chi connectivity index (χ0) is 17.7. The van der Waals surface area contributed by atoms with Crippen LogP contribution in [0.15, 0.2) is 30.3 Å². The van der Waals surface area contributed by atoms with Crippen molar-refractivity contribution in [1.82, 2.24) is 0 Å². The number of hydrogen-bond donors (Lipinski definition) is 1. The average molecular weight is 345 g/mol. The van der Waals surface area contributed by atoms with Gasteiger partial charge >= 0.3 is 5.97 Å². The van der Waals surface area contributed by atoms with Gasteiger partial charge in [0.15, 0.2) is 0 Å². The molecular formula is C22H34NO2+. The molecule has 3 heteroatoms. The number of benzene rings is 1. The summed E-state index contributed by atoms with van der Waals surface area (Å²) in [4.78, 5) is 13.3. The van der Waals surface area contributed by atoms with Gasteiger partial charge in [-0.1, -0.05) is 49.6 Å². The second-order valence-corrected chi connectivity index (χ2v) is 8.45. The Morgan fingerprint density at radius 3 is 2.32 bits per heavy atom. The molecule has 1 unspecified atom stereocenters. The molecule has 1 aromatic rings. The van der Waals surface area contributed by atoms with Crippen molar-refractivity contribution in [2.75, 3.05) is 13.1 Å². The van der Waals surface area contributed by atoms with Crippen LogP contribution in [0, 0.1) is 11.8 Å². The summed E-state index contributed by atoms with van der Waals surface area (Å²) < 4.78 is 6.19. The first-order valence-corrected chi connectivity index (χ1v) is 10.2. The van der Waals surface area contributed by atoms with Gasteiger partial charge in [-0.05, 0) is 38.2 Å². The highest BCUT2D eigenvalue weighted by Crippen LogP contribution is 2.39. The van der Waals surface area contributed by atoms with Crippen LogP contribution in [0.2, 0.25) is 0 Å². The Labute approximate surface area is 152 Å². The number of esters is 1. The number of carbonyl (C=O) groups excluding carboxylic acids is 1. The zero-order valence-corrected chi connectivity index (χ0v) is 15.9. The van der Waals surface area contributed by atoms with Gasteiger partial charge in [-0.3, -0.25) is 4.79 Å². The number of piperidine rings is 1. The van der Waals surface area contributed by atoms with E-state index in [-0.39, 0.29) is 17.5 Å². The number of hydrogen-bond acceptors (Lipinski definition) is 2. The number of nitrogens with two attached hydrogens (primary N) is 1. The van der Waals surface area contributed by atoms with Crippen LogP contribution in [-0.2, 0) is 9.53 Å². The van der Waals surface area contributed by atoms with Gasteiger partial charge in [-0.2, -0.15) is 0 Å². The monoisotopic (exact) mass is 344 g/mol. The maximum absolute atomic E-state index is 13.3. The Bertz CT molecular complexity index is 542. The Balaban J connectivity index is 1.76. The minimum atomic E-state index is -0.368. The van der Waals surface area contributed by atoms with Crippen LogP contribution in [0.4, 0.5) is 0 Å². The van der Waals surface area contributed by atoms with Crippen molar-refractivity contribution in [1.29, 1.82) is 0 Å². The first-order valence-electron chi connectivity index (χ1n) is 10.2. The highest BCUT2D eigenvalue weighted by Gasteiger charge is 2.39. The van der Waals surface area contributed by atoms with Gasteiger partial charge in [0.25, 0.3) is 0 Å². The fraction of sp³-hybridized carbons (Fsp3) is 0.682. The molecule has 2 aliphatic rings. The van der Waals surface area contributed by atoms with E-state index in [0.29, 0.717) is 11.8 Å². The molecule has 1 aromatic carbocycles. The van der Waals surface area contributed by atoms with Crippen LogP contribution in [0.1, 0.15) is 70.3 Å². The number of ether oxygens (including phenoxy) is 1. The van der Waals surface area contributed by atoms with Gasteiger partial charge in [0.2, 0.25) is 0 Å². The second kappa shape index (κ2) is 8.35. The summed E-state index contributed by atoms with van der Waals surface area (Å²) >= 11 is 0. The van der Waals surface area contributed by atoms with Gasteiger partial charge < -0.3 is 10.1 Å². The second-order valence-electron chi connectivity index (χ2n) is 8.45. The Morgan fingerprint density at radius 2 is 1.68 bits per heavy atom. The van der Waals surface area contributed by atoms with E-state index in [4.69, 9.17) is 4.74 Å². The van der Waals surface area contributed by atoms with Crippen molar-refractivity contribution in [3.8, 4) is 0 Å². The smallest absolute Gasteiger partial charge is 0.314 e. The molecule has 138 valence electrons. The van der Waals surface area contributed by atoms with Crippen molar-refractivity contribution in [3.63, 3.8) is 0 Å². The lowest BCUT2D eigenvalue weighted by Gasteiger charge is -2.38. The molecule has 2 fully saturated rings. The van der Waals surface area contributed by atoms with Crippen LogP contribution in [0.5, 0.6) is 0 Å². The van der Waals surface area contributed by atoms with Crippen molar-refractivity contribution in [2.24, 2.45) is 11.8 Å². The minimum absolute atomic E-state index is 0.00217. The van der Waals surface area contributed by atoms with E-state index < -0.39 is 0 Å². The minimum Gasteiger partial charge on any atom is -0.459 e. The SMILES string of the molecule is CC(C)(OC(=O)C(c1ccccc1)C1CCCCC1)C1CC[NH2+]CC1. The standard InChI is InChI=1S/C22H33NO2/c1-22(2,19-13-15-23-16-14-19)25-21(24)20(17-9-5-3-6-10-17)18-11-7-4-8-12-18/h3,5-6,9-10,18-20,23H,4,7-8,11-16H2,1-2H3/p+1. The van der Waals surface area contributed by atoms with E-state index in [2.05, 4.69) is 31.3 Å². The maximum atomic E-state index is 13.3. The van der Waals surface area contributed by atoms with Crippen molar-refractivity contribution in [3.05, 3.63) is 35.9 Å². The largest absolute Gasteiger partial charge is 0.459 e. The molecule has 3 nitrogen and oxygen atoms in total. The molecule has 0 amide bonds. The zero-order valence-electron chi connectivity index (χ0n) is 15.9. The summed E-state index contributed by atoms with van der Waals surface area (Å²) in [6.45, 7) is 6.53. The number of rotatable bonds is 5. The summed E-state index contributed by atoms with van der Waals surface area (Å²) in [5.41, 5.74) is 0.764. The third-order valence-electron chi connectivity index (χ3n) is 6.32. The Kier molecular flexibility index (Phi) is 6.16. The van der Waals surface area contributed by atoms with E-state index in [1.165, 1.54) is 19.3 Å². The molecule has 1 saturated heterocycles. The van der Waals surface area contributed by atoms with Crippen LogP contribution in [0.3, 0.4) is 0 Å². The highest BCUT2D eigenvalue weighted by atomic mass is 16.6. The van der Waals surface area contributed by atoms with Crippen molar-refractivity contribution >= 4 is 5.97 Å². The van der Waals surface area contributed by atoms with Crippen LogP contribution in [-0.4, -0.2) is 24.7 Å². The predicted molar refractivity (Wildman–Crippen MR) is 100 cm³/mol. The first-order chi connectivity index (χ1) is 12.1. The van der Waals surface area contributed by atoms with E-state index in [1.807, 2.05) is 18.2 Å². The van der Waals surface area contributed by atoms with Gasteiger partial charge in [0, 0.05) is 18.8 Å². The number of carbonyl (C=O) groups is 1. The molecule has 2 N–H and O–H groups in total. The fourth-order valence-electron chi connectivity index (χ4n) is 4.76. The summed E-state index contributed by atoms with van der Waals surface area (Å²) in [7, 11) is 0. The first kappa shape index (κ1) is 18.4. The average Bonchev–Trinajstić information content (AvgIpc) is 2.64. The van der Waals surface area contributed by atoms with Gasteiger partial charge in [-0.15, -0.1) is 0 Å². The Morgan fingerprint density at radius 1 is 1.04 bits per heavy atom. The van der Waals surface area contributed by atoms with Gasteiger partial charge in [0.05, 0.1) is 19.0 Å². The third-order valence-corrected chi connectivity index (χ3v) is 6.32. The molecule has 1 atom stereocenters. The molecule has 1 aliphatic carbocycles. The Hall–Kier alpha value is -1.35. The quantitative estimate of drug-likeness (QED) is 0.829. The van der Waals surface area contributed by atoms with E-state index >= 15 is 0 Å². The van der Waals surface area contributed by atoms with Crippen molar-refractivity contribution in [2.45, 2.75) is 70.3 Å². The van der Waals surface area contributed by atoms with Crippen LogP contribution in [0.25, 0.3) is 0 Å². The third kappa shape index (κ3) is 4.63. The van der Waals surface area contributed by atoms with Crippen LogP contribution < -0.4 is 5.32 Å². The molecule has 0 bridgehead atoms. The molecule has 0 aromatic heterocycles. The fourth-order valence-corrected chi connectivity index (χ4v) is 4.76. The summed E-state index contributed by atoms with van der Waals surface area (Å²) in [6, 6.07) is 10.3. The lowest BCUT2D eigenvalue weighted by Crippen LogP contribution is -2.86. The lowest BCUT2D eigenvalue weighted by atomic mass is 9.76. The molecule has 1 aliphatic heterocycles. The maximum Gasteiger partial charge on any atom is 0.314 e. The summed E-state index contributed by atoms with van der Waals surface area (Å²) in [5, 5.41) is 2.36. The molecule has 0 radical (unpaired) electrons. The van der Waals surface area contributed by atoms with Gasteiger partial charge in [0.1, 0.15) is 5.60 Å². The van der Waals surface area contributed by atoms with E-state index in [1.54, 1.807) is 0 Å².